The van der Waals surface area contributed by atoms with Gasteiger partial charge in [0.05, 0.1) is 5.69 Å². The first-order chi connectivity index (χ1) is 8.24. The molecule has 2 aromatic rings. The van der Waals surface area contributed by atoms with E-state index in [1.807, 2.05) is 26.0 Å². The molecular formula is C13H14N4. The Balaban J connectivity index is 2.13. The van der Waals surface area contributed by atoms with Gasteiger partial charge in [0, 0.05) is 30.5 Å². The summed E-state index contributed by atoms with van der Waals surface area (Å²) in [6.45, 7) is 5.79. The lowest BCUT2D eigenvalue weighted by molar-refractivity contribution is 0.757. The molecule has 1 N–H and O–H groups in total. The topological polar surface area (TPSA) is 50.7 Å². The van der Waals surface area contributed by atoms with Gasteiger partial charge in [-0.3, -0.25) is 4.98 Å². The van der Waals surface area contributed by atoms with Crippen molar-refractivity contribution in [3.8, 4) is 11.5 Å². The van der Waals surface area contributed by atoms with Gasteiger partial charge in [0.1, 0.15) is 5.69 Å². The van der Waals surface area contributed by atoms with Gasteiger partial charge in [0.25, 0.3) is 0 Å². The fraction of sp³-hybridized carbons (Fsp3) is 0.308. The van der Waals surface area contributed by atoms with Crippen molar-refractivity contribution >= 4 is 0 Å². The molecule has 0 aromatic carbocycles. The third kappa shape index (κ3) is 1.80. The van der Waals surface area contributed by atoms with Crippen LogP contribution >= 0.6 is 0 Å². The number of nitrogens with one attached hydrogen (secondary N) is 1. The van der Waals surface area contributed by atoms with Crippen LogP contribution in [0.5, 0.6) is 0 Å². The first-order valence-electron chi connectivity index (χ1n) is 5.74. The van der Waals surface area contributed by atoms with Crippen LogP contribution in [0.1, 0.15) is 22.5 Å². The van der Waals surface area contributed by atoms with Crippen molar-refractivity contribution in [3.05, 3.63) is 40.8 Å². The van der Waals surface area contributed by atoms with Crippen molar-refractivity contribution in [2.75, 3.05) is 0 Å². The number of pyridine rings is 1. The average molecular weight is 226 g/mol. The van der Waals surface area contributed by atoms with Gasteiger partial charge in [0.15, 0.2) is 5.82 Å². The van der Waals surface area contributed by atoms with Crippen LogP contribution in [-0.4, -0.2) is 15.0 Å². The predicted octanol–water partition coefficient (Wildman–Crippen LogP) is 1.76. The summed E-state index contributed by atoms with van der Waals surface area (Å²) in [6, 6.07) is 3.99. The van der Waals surface area contributed by atoms with Crippen LogP contribution < -0.4 is 5.32 Å². The van der Waals surface area contributed by atoms with E-state index >= 15 is 0 Å². The average Bonchev–Trinajstić information content (AvgIpc) is 2.77. The molecule has 1 aliphatic heterocycles. The standard InChI is InChI=1S/C13H14N4/c1-8-3-4-15-11(5-8)13-16-9(2)10-6-14-7-12(10)17-13/h3-5,14H,6-7H2,1-2H3. The van der Waals surface area contributed by atoms with Gasteiger partial charge in [-0.1, -0.05) is 0 Å². The number of aryl methyl sites for hydroxylation is 2. The van der Waals surface area contributed by atoms with Gasteiger partial charge < -0.3 is 5.32 Å². The van der Waals surface area contributed by atoms with Gasteiger partial charge in [-0.15, -0.1) is 0 Å². The SMILES string of the molecule is Cc1ccnc(-c2nc(C)c3c(n2)CNC3)c1. The maximum absolute atomic E-state index is 4.59. The van der Waals surface area contributed by atoms with Crippen LogP contribution in [0.3, 0.4) is 0 Å². The molecule has 0 radical (unpaired) electrons. The van der Waals surface area contributed by atoms with E-state index < -0.39 is 0 Å². The fourth-order valence-corrected chi connectivity index (χ4v) is 2.11. The van der Waals surface area contributed by atoms with E-state index in [2.05, 4.69) is 20.3 Å². The summed E-state index contributed by atoms with van der Waals surface area (Å²) >= 11 is 0. The molecule has 17 heavy (non-hydrogen) atoms. The van der Waals surface area contributed by atoms with Crippen LogP contribution in [0, 0.1) is 13.8 Å². The molecule has 3 heterocycles. The minimum atomic E-state index is 0.730. The van der Waals surface area contributed by atoms with Crippen molar-refractivity contribution < 1.29 is 0 Å². The molecule has 1 aliphatic rings. The Morgan fingerprint density at radius 1 is 1.18 bits per heavy atom. The van der Waals surface area contributed by atoms with E-state index in [0.717, 1.165) is 36.0 Å². The Hall–Kier alpha value is -1.81. The lowest BCUT2D eigenvalue weighted by atomic mass is 10.2. The third-order valence-corrected chi connectivity index (χ3v) is 3.04. The molecule has 0 saturated carbocycles. The van der Waals surface area contributed by atoms with Gasteiger partial charge in [0.2, 0.25) is 0 Å². The maximum Gasteiger partial charge on any atom is 0.178 e. The highest BCUT2D eigenvalue weighted by molar-refractivity contribution is 5.51. The lowest BCUT2D eigenvalue weighted by Crippen LogP contribution is -2.01. The maximum atomic E-state index is 4.59. The molecule has 0 atom stereocenters. The number of nitrogens with zero attached hydrogens (tertiary/aromatic N) is 3. The molecule has 2 aromatic heterocycles. The fourth-order valence-electron chi connectivity index (χ4n) is 2.11. The predicted molar refractivity (Wildman–Crippen MR) is 65.3 cm³/mol. The zero-order valence-corrected chi connectivity index (χ0v) is 9.99. The quantitative estimate of drug-likeness (QED) is 0.805. The second-order valence-electron chi connectivity index (χ2n) is 4.38. The highest BCUT2D eigenvalue weighted by atomic mass is 15.0. The van der Waals surface area contributed by atoms with E-state index in [0.29, 0.717) is 0 Å². The summed E-state index contributed by atoms with van der Waals surface area (Å²) in [5, 5.41) is 3.30. The smallest absolute Gasteiger partial charge is 0.178 e. The summed E-state index contributed by atoms with van der Waals surface area (Å²) in [5.74, 6) is 0.730. The van der Waals surface area contributed by atoms with Crippen LogP contribution in [0.15, 0.2) is 18.3 Å². The van der Waals surface area contributed by atoms with Crippen LogP contribution in [0.2, 0.25) is 0 Å². The molecule has 0 spiro atoms. The molecular weight excluding hydrogens is 212 g/mol. The van der Waals surface area contributed by atoms with E-state index in [1.165, 1.54) is 11.1 Å². The van der Waals surface area contributed by atoms with Gasteiger partial charge in [-0.2, -0.15) is 0 Å². The summed E-state index contributed by atoms with van der Waals surface area (Å²) in [4.78, 5) is 13.5. The first-order valence-corrected chi connectivity index (χ1v) is 5.74. The van der Waals surface area contributed by atoms with Crippen molar-refractivity contribution in [3.63, 3.8) is 0 Å². The van der Waals surface area contributed by atoms with Crippen molar-refractivity contribution in [1.82, 2.24) is 20.3 Å². The monoisotopic (exact) mass is 226 g/mol. The number of aromatic nitrogens is 3. The normalized spacial score (nSPS) is 13.8. The van der Waals surface area contributed by atoms with Crippen LogP contribution in [0.4, 0.5) is 0 Å². The van der Waals surface area contributed by atoms with E-state index in [-0.39, 0.29) is 0 Å². The Kier molecular flexibility index (Phi) is 2.37. The lowest BCUT2D eigenvalue weighted by Gasteiger charge is -2.06. The Morgan fingerprint density at radius 2 is 2.06 bits per heavy atom. The van der Waals surface area contributed by atoms with Crippen molar-refractivity contribution in [2.45, 2.75) is 26.9 Å². The molecule has 4 heteroatoms. The Bertz CT molecular complexity index is 578. The first kappa shape index (κ1) is 10.4. The molecule has 3 rings (SSSR count). The number of hydrogen-bond donors (Lipinski definition) is 1. The zero-order chi connectivity index (χ0) is 11.8. The van der Waals surface area contributed by atoms with Gasteiger partial charge in [-0.25, -0.2) is 9.97 Å². The number of rotatable bonds is 1. The highest BCUT2D eigenvalue weighted by Gasteiger charge is 2.17. The van der Waals surface area contributed by atoms with E-state index in [9.17, 15) is 0 Å². The minimum Gasteiger partial charge on any atom is -0.307 e. The Morgan fingerprint density at radius 3 is 2.88 bits per heavy atom. The minimum absolute atomic E-state index is 0.730. The molecule has 0 bridgehead atoms. The summed E-state index contributed by atoms with van der Waals surface area (Å²) < 4.78 is 0. The number of fused-ring (bicyclic) bond motifs is 1. The van der Waals surface area contributed by atoms with E-state index in [4.69, 9.17) is 0 Å². The summed E-state index contributed by atoms with van der Waals surface area (Å²) in [5.41, 5.74) is 5.42. The summed E-state index contributed by atoms with van der Waals surface area (Å²) in [6.07, 6.45) is 1.80. The Labute approximate surface area is 100 Å². The molecule has 0 saturated heterocycles. The molecule has 0 unspecified atom stereocenters. The van der Waals surface area contributed by atoms with Crippen molar-refractivity contribution in [1.29, 1.82) is 0 Å². The second-order valence-corrected chi connectivity index (χ2v) is 4.38. The third-order valence-electron chi connectivity index (χ3n) is 3.04. The van der Waals surface area contributed by atoms with Gasteiger partial charge in [-0.05, 0) is 31.5 Å². The molecule has 86 valence electrons. The number of hydrogen-bond acceptors (Lipinski definition) is 4. The summed E-state index contributed by atoms with van der Waals surface area (Å²) in [7, 11) is 0. The molecule has 0 fully saturated rings. The highest BCUT2D eigenvalue weighted by Crippen LogP contribution is 2.20. The molecule has 0 amide bonds. The van der Waals surface area contributed by atoms with Crippen LogP contribution in [-0.2, 0) is 13.1 Å². The van der Waals surface area contributed by atoms with E-state index in [1.54, 1.807) is 6.20 Å². The zero-order valence-electron chi connectivity index (χ0n) is 9.99. The molecule has 4 nitrogen and oxygen atoms in total. The van der Waals surface area contributed by atoms with Crippen molar-refractivity contribution in [2.24, 2.45) is 0 Å². The second kappa shape index (κ2) is 3.89. The molecule has 0 aliphatic carbocycles. The van der Waals surface area contributed by atoms with Gasteiger partial charge >= 0.3 is 0 Å². The van der Waals surface area contributed by atoms with Crippen LogP contribution in [0.25, 0.3) is 11.5 Å². The largest absolute Gasteiger partial charge is 0.307 e.